The van der Waals surface area contributed by atoms with Crippen molar-refractivity contribution in [3.63, 3.8) is 0 Å². The second-order valence-corrected chi connectivity index (χ2v) is 11.7. The molecule has 4 saturated carbocycles. The number of furan rings is 1. The fourth-order valence-electron chi connectivity index (χ4n) is 8.67. The molecule has 9 atom stereocenters. The minimum atomic E-state index is -0.549. The molecule has 0 bridgehead atoms. The third kappa shape index (κ3) is 3.25. The Morgan fingerprint density at radius 2 is 1.97 bits per heavy atom. The molecule has 4 aliphatic carbocycles. The van der Waals surface area contributed by atoms with Crippen molar-refractivity contribution in [3.05, 3.63) is 24.2 Å². The predicted octanol–water partition coefficient (Wildman–Crippen LogP) is 4.19. The predicted molar refractivity (Wildman–Crippen MR) is 121 cm³/mol. The smallest absolute Gasteiger partial charge is 0.0937 e. The van der Waals surface area contributed by atoms with Gasteiger partial charge in [-0.2, -0.15) is 0 Å². The van der Waals surface area contributed by atoms with Crippen molar-refractivity contribution < 1.29 is 14.3 Å². The summed E-state index contributed by atoms with van der Waals surface area (Å²) in [6, 6.07) is 2.06. The van der Waals surface area contributed by atoms with Gasteiger partial charge in [-0.15, -0.1) is 0 Å². The van der Waals surface area contributed by atoms with Crippen LogP contribution in [0.2, 0.25) is 0 Å². The van der Waals surface area contributed by atoms with Gasteiger partial charge in [0.1, 0.15) is 0 Å². The fourth-order valence-corrected chi connectivity index (χ4v) is 8.67. The molecule has 5 N–H and O–H groups in total. The Hall–Kier alpha value is -0.880. The van der Waals surface area contributed by atoms with Crippen LogP contribution in [0.1, 0.15) is 83.1 Å². The summed E-state index contributed by atoms with van der Waals surface area (Å²) in [5.74, 6) is 2.16. The second-order valence-electron chi connectivity index (χ2n) is 11.7. The molecule has 5 heteroatoms. The van der Waals surface area contributed by atoms with E-state index in [4.69, 9.17) is 20.6 Å². The van der Waals surface area contributed by atoms with Crippen molar-refractivity contribution in [1.82, 2.24) is 0 Å². The Kier molecular flexibility index (Phi) is 5.56. The van der Waals surface area contributed by atoms with Gasteiger partial charge in [-0.25, -0.2) is 0 Å². The van der Waals surface area contributed by atoms with Crippen LogP contribution in [0, 0.1) is 28.6 Å². The maximum atomic E-state index is 12.3. The Morgan fingerprint density at radius 3 is 2.71 bits per heavy atom. The Bertz CT molecular complexity index is 769. The number of hydrogen-bond donors (Lipinski definition) is 3. The van der Waals surface area contributed by atoms with Crippen molar-refractivity contribution in [3.8, 4) is 0 Å². The standard InChI is InChI=1S/C26H42N2O3/c1-24-9-5-20(31-16-19(28)14-27)13-18(24)3-4-23-22(24)6-10-25(2)21(7-11-26(23,25)29)17-8-12-30-15-17/h8,12,15,18-23,29H,3-7,9-11,13-14,16,27-28H2,1-2H3/t18-,19?,20+,21-,22+,23-,24+,25-,26+/m1/s1. The monoisotopic (exact) mass is 430 g/mol. The number of hydrogen-bond acceptors (Lipinski definition) is 5. The van der Waals surface area contributed by atoms with Crippen LogP contribution < -0.4 is 11.5 Å². The first-order valence-corrected chi connectivity index (χ1v) is 12.6. The van der Waals surface area contributed by atoms with Gasteiger partial charge in [-0.1, -0.05) is 13.8 Å². The van der Waals surface area contributed by atoms with E-state index in [9.17, 15) is 5.11 Å². The van der Waals surface area contributed by atoms with Gasteiger partial charge in [-0.05, 0) is 98.5 Å². The molecule has 0 radical (unpaired) electrons. The van der Waals surface area contributed by atoms with Crippen LogP contribution in [-0.2, 0) is 4.74 Å². The molecule has 31 heavy (non-hydrogen) atoms. The largest absolute Gasteiger partial charge is 0.472 e. The molecule has 0 spiro atoms. The van der Waals surface area contributed by atoms with E-state index in [1.54, 1.807) is 6.26 Å². The quantitative estimate of drug-likeness (QED) is 0.651. The minimum Gasteiger partial charge on any atom is -0.472 e. The Morgan fingerprint density at radius 1 is 1.13 bits per heavy atom. The van der Waals surface area contributed by atoms with Crippen molar-refractivity contribution in [2.75, 3.05) is 13.2 Å². The zero-order valence-corrected chi connectivity index (χ0v) is 19.4. The van der Waals surface area contributed by atoms with Crippen LogP contribution in [0.15, 0.2) is 23.0 Å². The van der Waals surface area contributed by atoms with E-state index in [0.717, 1.165) is 38.5 Å². The highest BCUT2D eigenvalue weighted by atomic mass is 16.5. The molecule has 5 nitrogen and oxygen atoms in total. The van der Waals surface area contributed by atoms with Gasteiger partial charge in [0, 0.05) is 18.0 Å². The second kappa shape index (κ2) is 7.86. The first-order valence-electron chi connectivity index (χ1n) is 12.6. The summed E-state index contributed by atoms with van der Waals surface area (Å²) >= 11 is 0. The lowest BCUT2D eigenvalue weighted by Gasteiger charge is -2.63. The number of ether oxygens (including phenoxy) is 1. The molecule has 5 rings (SSSR count). The van der Waals surface area contributed by atoms with Crippen LogP contribution in [-0.4, -0.2) is 36.0 Å². The highest BCUT2D eigenvalue weighted by Crippen LogP contribution is 2.70. The van der Waals surface area contributed by atoms with Crippen molar-refractivity contribution >= 4 is 0 Å². The molecular formula is C26H42N2O3. The minimum absolute atomic E-state index is 0.0418. The fraction of sp³-hybridized carbons (Fsp3) is 0.846. The number of aliphatic hydroxyl groups is 1. The number of rotatable bonds is 5. The average Bonchev–Trinajstić information content (AvgIpc) is 3.37. The molecular weight excluding hydrogens is 388 g/mol. The average molecular weight is 431 g/mol. The van der Waals surface area contributed by atoms with Gasteiger partial charge in [-0.3, -0.25) is 0 Å². The van der Waals surface area contributed by atoms with Gasteiger partial charge in [0.25, 0.3) is 0 Å². The molecule has 1 aromatic heterocycles. The SMILES string of the molecule is C[C@]12CC[C@H](OCC(N)CN)C[C@H]1CC[C@@H]1[C@@H]2CC[C@]2(C)[C@@H](c3ccoc3)CC[C@]12O. The van der Waals surface area contributed by atoms with Crippen LogP contribution in [0.4, 0.5) is 0 Å². The van der Waals surface area contributed by atoms with Crippen molar-refractivity contribution in [2.45, 2.75) is 95.3 Å². The summed E-state index contributed by atoms with van der Waals surface area (Å²) < 4.78 is 11.6. The van der Waals surface area contributed by atoms with E-state index in [-0.39, 0.29) is 11.5 Å². The van der Waals surface area contributed by atoms with Gasteiger partial charge < -0.3 is 25.7 Å². The van der Waals surface area contributed by atoms with Gasteiger partial charge in [0.05, 0.1) is 30.8 Å². The first-order chi connectivity index (χ1) is 14.8. The normalized spacial score (nSPS) is 48.0. The Labute approximate surface area is 187 Å². The third-order valence-electron chi connectivity index (χ3n) is 10.6. The summed E-state index contributed by atoms with van der Waals surface area (Å²) in [5.41, 5.74) is 12.7. The van der Waals surface area contributed by atoms with Crippen molar-refractivity contribution in [1.29, 1.82) is 0 Å². The van der Waals surface area contributed by atoms with E-state index < -0.39 is 5.60 Å². The van der Waals surface area contributed by atoms with E-state index in [2.05, 4.69) is 19.9 Å². The molecule has 174 valence electrons. The molecule has 1 aromatic rings. The molecule has 0 amide bonds. The first kappa shape index (κ1) is 21.9. The maximum Gasteiger partial charge on any atom is 0.0937 e. The summed E-state index contributed by atoms with van der Waals surface area (Å²) in [6.07, 6.45) is 14.2. The lowest BCUT2D eigenvalue weighted by molar-refractivity contribution is -0.207. The molecule has 0 aromatic carbocycles. The van der Waals surface area contributed by atoms with E-state index in [1.165, 1.54) is 24.8 Å². The van der Waals surface area contributed by atoms with E-state index >= 15 is 0 Å². The van der Waals surface area contributed by atoms with E-state index in [1.807, 2.05) is 6.26 Å². The van der Waals surface area contributed by atoms with Crippen LogP contribution in [0.5, 0.6) is 0 Å². The van der Waals surface area contributed by atoms with Crippen molar-refractivity contribution in [2.24, 2.45) is 40.1 Å². The molecule has 1 unspecified atom stereocenters. The van der Waals surface area contributed by atoms with Crippen LogP contribution in [0.3, 0.4) is 0 Å². The molecule has 0 saturated heterocycles. The topological polar surface area (TPSA) is 94.6 Å². The number of nitrogens with two attached hydrogens (primary N) is 2. The van der Waals surface area contributed by atoms with Gasteiger partial charge in [0.15, 0.2) is 0 Å². The zero-order chi connectivity index (χ0) is 21.9. The van der Waals surface area contributed by atoms with Crippen LogP contribution in [0.25, 0.3) is 0 Å². The highest BCUT2D eigenvalue weighted by Gasteiger charge is 2.67. The zero-order valence-electron chi connectivity index (χ0n) is 19.4. The van der Waals surface area contributed by atoms with Gasteiger partial charge >= 0.3 is 0 Å². The maximum absolute atomic E-state index is 12.3. The summed E-state index contributed by atoms with van der Waals surface area (Å²) in [5, 5.41) is 12.3. The van der Waals surface area contributed by atoms with Crippen LogP contribution >= 0.6 is 0 Å². The number of fused-ring (bicyclic) bond motifs is 5. The molecule has 1 heterocycles. The Balaban J connectivity index is 1.33. The third-order valence-corrected chi connectivity index (χ3v) is 10.6. The van der Waals surface area contributed by atoms with Gasteiger partial charge in [0.2, 0.25) is 0 Å². The lowest BCUT2D eigenvalue weighted by atomic mass is 9.43. The summed E-state index contributed by atoms with van der Waals surface area (Å²) in [7, 11) is 0. The molecule has 4 aliphatic rings. The lowest BCUT2D eigenvalue weighted by Crippen LogP contribution is -2.62. The summed E-state index contributed by atoms with van der Waals surface area (Å²) in [6.45, 7) is 5.96. The molecule has 4 fully saturated rings. The van der Waals surface area contributed by atoms with E-state index in [0.29, 0.717) is 48.3 Å². The molecule has 0 aliphatic heterocycles. The highest BCUT2D eigenvalue weighted by molar-refractivity contribution is 5.26. The summed E-state index contributed by atoms with van der Waals surface area (Å²) in [4.78, 5) is 0.